The van der Waals surface area contributed by atoms with E-state index in [0.29, 0.717) is 12.8 Å². The van der Waals surface area contributed by atoms with Gasteiger partial charge in [0.2, 0.25) is 0 Å². The van der Waals surface area contributed by atoms with Crippen molar-refractivity contribution in [1.82, 2.24) is 0 Å². The predicted octanol–water partition coefficient (Wildman–Crippen LogP) is 4.10. The summed E-state index contributed by atoms with van der Waals surface area (Å²) in [6, 6.07) is 0. The van der Waals surface area contributed by atoms with Crippen molar-refractivity contribution in [3.63, 3.8) is 0 Å². The molecule has 122 valence electrons. The van der Waals surface area contributed by atoms with Gasteiger partial charge in [0.25, 0.3) is 0 Å². The molecular formula is C10H16F6O3S. The molecule has 0 aliphatic heterocycles. The molecule has 0 aliphatic carbocycles. The van der Waals surface area contributed by atoms with Crippen LogP contribution >= 0.6 is 0 Å². The maximum Gasteiger partial charge on any atom is 0.437 e. The van der Waals surface area contributed by atoms with Crippen molar-refractivity contribution in [1.29, 1.82) is 0 Å². The van der Waals surface area contributed by atoms with E-state index in [0.717, 1.165) is 6.42 Å². The van der Waals surface area contributed by atoms with Gasteiger partial charge in [-0.25, -0.2) is 0 Å². The van der Waals surface area contributed by atoms with Crippen LogP contribution in [-0.4, -0.2) is 30.1 Å². The third-order valence-electron chi connectivity index (χ3n) is 2.74. The first-order valence-electron chi connectivity index (χ1n) is 5.91. The smallest absolute Gasteiger partial charge is 0.281 e. The molecule has 10 heteroatoms. The molecular weight excluding hydrogens is 314 g/mol. The van der Waals surface area contributed by atoms with Crippen LogP contribution in [-0.2, 0) is 10.1 Å². The molecule has 0 spiro atoms. The first-order chi connectivity index (χ1) is 8.81. The average Bonchev–Trinajstić information content (AvgIpc) is 2.26. The van der Waals surface area contributed by atoms with Crippen LogP contribution in [0, 0.1) is 0 Å². The fourth-order valence-corrected chi connectivity index (χ4v) is 1.96. The van der Waals surface area contributed by atoms with E-state index < -0.39 is 40.1 Å². The Balaban J connectivity index is 4.90. The highest BCUT2D eigenvalue weighted by atomic mass is 32.2. The van der Waals surface area contributed by atoms with E-state index >= 15 is 0 Å². The molecule has 0 heterocycles. The molecule has 0 amide bonds. The third kappa shape index (κ3) is 4.00. The molecule has 0 saturated carbocycles. The second-order valence-electron chi connectivity index (χ2n) is 4.43. The molecule has 0 aromatic carbocycles. The van der Waals surface area contributed by atoms with E-state index in [1.165, 1.54) is 0 Å². The van der Waals surface area contributed by atoms with Gasteiger partial charge in [-0.3, -0.25) is 4.55 Å². The molecule has 1 N–H and O–H groups in total. The van der Waals surface area contributed by atoms with E-state index in [1.54, 1.807) is 0 Å². The summed E-state index contributed by atoms with van der Waals surface area (Å²) < 4.78 is 106. The first-order valence-corrected chi connectivity index (χ1v) is 7.35. The van der Waals surface area contributed by atoms with E-state index in [1.807, 2.05) is 6.92 Å². The molecule has 0 radical (unpaired) electrons. The summed E-state index contributed by atoms with van der Waals surface area (Å²) in [4.78, 5) is 0. The molecule has 20 heavy (non-hydrogen) atoms. The zero-order chi connectivity index (χ0) is 16.2. The standard InChI is InChI=1S/C10H16F6O3S/c1-2-3-4-5-6-7-8(11,12)9(13,14)10(15,16)20(17,18)19/h2-7H2,1H3,(H,17,18,19). The highest BCUT2D eigenvalue weighted by molar-refractivity contribution is 7.87. The minimum Gasteiger partial charge on any atom is -0.281 e. The van der Waals surface area contributed by atoms with Crippen LogP contribution in [0.2, 0.25) is 0 Å². The predicted molar refractivity (Wildman–Crippen MR) is 59.8 cm³/mol. The maximum atomic E-state index is 13.1. The molecule has 0 rings (SSSR count). The SMILES string of the molecule is CCCCCCCC(F)(F)C(F)(F)C(F)(F)S(=O)(=O)O. The minimum atomic E-state index is -6.65. The summed E-state index contributed by atoms with van der Waals surface area (Å²) >= 11 is 0. The minimum absolute atomic E-state index is 0.136. The van der Waals surface area contributed by atoms with Gasteiger partial charge in [0.05, 0.1) is 0 Å². The summed E-state index contributed by atoms with van der Waals surface area (Å²) in [5, 5.41) is -6.24. The van der Waals surface area contributed by atoms with Crippen molar-refractivity contribution in [2.24, 2.45) is 0 Å². The fraction of sp³-hybridized carbons (Fsp3) is 1.00. The first kappa shape index (κ1) is 19.5. The number of rotatable bonds is 9. The van der Waals surface area contributed by atoms with Gasteiger partial charge in [-0.15, -0.1) is 0 Å². The highest BCUT2D eigenvalue weighted by Crippen LogP contribution is 2.50. The number of unbranched alkanes of at least 4 members (excludes halogenated alkanes) is 4. The molecule has 0 aromatic rings. The summed E-state index contributed by atoms with van der Waals surface area (Å²) in [5.74, 6) is -11.4. The Morgan fingerprint density at radius 3 is 1.75 bits per heavy atom. The maximum absolute atomic E-state index is 13.1. The highest BCUT2D eigenvalue weighted by Gasteiger charge is 2.76. The number of hydrogen-bond donors (Lipinski definition) is 1. The second-order valence-corrected chi connectivity index (χ2v) is 5.90. The van der Waals surface area contributed by atoms with Gasteiger partial charge in [-0.2, -0.15) is 34.8 Å². The van der Waals surface area contributed by atoms with E-state index in [9.17, 15) is 34.8 Å². The summed E-state index contributed by atoms with van der Waals surface area (Å²) in [5.41, 5.74) is 0. The van der Waals surface area contributed by atoms with Gasteiger partial charge < -0.3 is 0 Å². The van der Waals surface area contributed by atoms with Crippen molar-refractivity contribution >= 4 is 10.1 Å². The largest absolute Gasteiger partial charge is 0.437 e. The lowest BCUT2D eigenvalue weighted by Crippen LogP contribution is -2.57. The van der Waals surface area contributed by atoms with Gasteiger partial charge >= 0.3 is 27.2 Å². The lowest BCUT2D eigenvalue weighted by molar-refractivity contribution is -0.282. The Bertz CT molecular complexity index is 407. The topological polar surface area (TPSA) is 54.4 Å². The van der Waals surface area contributed by atoms with Crippen LogP contribution in [0.1, 0.15) is 45.4 Å². The lowest BCUT2D eigenvalue weighted by atomic mass is 10.0. The number of hydrogen-bond acceptors (Lipinski definition) is 2. The Morgan fingerprint density at radius 1 is 0.900 bits per heavy atom. The fourth-order valence-electron chi connectivity index (χ4n) is 1.48. The Morgan fingerprint density at radius 2 is 1.35 bits per heavy atom. The zero-order valence-electron chi connectivity index (χ0n) is 10.7. The van der Waals surface area contributed by atoms with E-state index in [2.05, 4.69) is 0 Å². The second kappa shape index (κ2) is 6.50. The zero-order valence-corrected chi connectivity index (χ0v) is 11.5. The summed E-state index contributed by atoms with van der Waals surface area (Å²) in [6.07, 6.45) is 0.0271. The van der Waals surface area contributed by atoms with Crippen LogP contribution in [0.25, 0.3) is 0 Å². The van der Waals surface area contributed by atoms with Crippen molar-refractivity contribution in [3.8, 4) is 0 Å². The third-order valence-corrected chi connectivity index (χ3v) is 3.65. The molecule has 0 saturated heterocycles. The van der Waals surface area contributed by atoms with E-state index in [-0.39, 0.29) is 6.42 Å². The number of halogens is 6. The molecule has 0 atom stereocenters. The molecule has 0 bridgehead atoms. The van der Waals surface area contributed by atoms with Crippen molar-refractivity contribution in [2.75, 3.05) is 0 Å². The van der Waals surface area contributed by atoms with Crippen molar-refractivity contribution in [3.05, 3.63) is 0 Å². The van der Waals surface area contributed by atoms with Crippen LogP contribution in [0.3, 0.4) is 0 Å². The Labute approximate surface area is 113 Å². The van der Waals surface area contributed by atoms with Crippen LogP contribution in [0.15, 0.2) is 0 Å². The quantitative estimate of drug-likeness (QED) is 0.393. The van der Waals surface area contributed by atoms with Crippen molar-refractivity contribution < 1.29 is 39.3 Å². The summed E-state index contributed by atoms with van der Waals surface area (Å²) in [7, 11) is -6.65. The van der Waals surface area contributed by atoms with Gasteiger partial charge in [-0.1, -0.05) is 32.6 Å². The monoisotopic (exact) mass is 330 g/mol. The molecule has 0 fully saturated rings. The summed E-state index contributed by atoms with van der Waals surface area (Å²) in [6.45, 7) is 1.83. The van der Waals surface area contributed by atoms with Gasteiger partial charge in [0.15, 0.2) is 0 Å². The number of alkyl halides is 6. The average molecular weight is 330 g/mol. The van der Waals surface area contributed by atoms with Crippen molar-refractivity contribution in [2.45, 2.75) is 62.5 Å². The van der Waals surface area contributed by atoms with Crippen LogP contribution < -0.4 is 0 Å². The molecule has 0 aromatic heterocycles. The molecule has 0 unspecified atom stereocenters. The molecule has 0 aliphatic rings. The van der Waals surface area contributed by atoms with Gasteiger partial charge in [0.1, 0.15) is 0 Å². The normalized spacial score (nSPS) is 14.6. The van der Waals surface area contributed by atoms with Gasteiger partial charge in [-0.05, 0) is 6.42 Å². The lowest BCUT2D eigenvalue weighted by Gasteiger charge is -2.30. The molecule has 3 nitrogen and oxygen atoms in total. The Hall–Kier alpha value is -0.510. The van der Waals surface area contributed by atoms with E-state index in [4.69, 9.17) is 4.55 Å². The van der Waals surface area contributed by atoms with Crippen LogP contribution in [0.4, 0.5) is 26.3 Å². The van der Waals surface area contributed by atoms with Gasteiger partial charge in [0, 0.05) is 6.42 Å². The Kier molecular flexibility index (Phi) is 6.34. The van der Waals surface area contributed by atoms with Crippen LogP contribution in [0.5, 0.6) is 0 Å².